The van der Waals surface area contributed by atoms with Gasteiger partial charge in [-0.3, -0.25) is 0 Å². The third kappa shape index (κ3) is 6.19. The summed E-state index contributed by atoms with van der Waals surface area (Å²) in [5.74, 6) is 0.0632. The van der Waals surface area contributed by atoms with E-state index in [0.29, 0.717) is 23.2 Å². The van der Waals surface area contributed by atoms with E-state index in [1.807, 2.05) is 43.3 Å². The number of fused-ring (bicyclic) bond motifs is 1. The summed E-state index contributed by atoms with van der Waals surface area (Å²) < 4.78 is 13.1. The van der Waals surface area contributed by atoms with E-state index < -0.39 is 37.4 Å². The number of rotatable bonds is 13. The minimum atomic E-state index is -1.28. The first-order valence-electron chi connectivity index (χ1n) is 11.6. The number of benzene rings is 2. The fraction of sp³-hybridized carbons (Fsp3) is 0.423. The Balaban J connectivity index is 1.82. The summed E-state index contributed by atoms with van der Waals surface area (Å²) in [4.78, 5) is 12.8. The lowest BCUT2D eigenvalue weighted by molar-refractivity contribution is 0.0260. The van der Waals surface area contributed by atoms with Crippen LogP contribution in [-0.2, 0) is 11.3 Å². The monoisotopic (exact) mass is 486 g/mol. The van der Waals surface area contributed by atoms with Gasteiger partial charge in [0.05, 0.1) is 37.5 Å². The number of aliphatic hydroxyl groups excluding tert-OH is 4. The maximum absolute atomic E-state index is 12.8. The van der Waals surface area contributed by atoms with Crippen molar-refractivity contribution in [3.05, 3.63) is 65.4 Å². The molecular formula is C26H34N2O7. The Morgan fingerprint density at radius 3 is 2.40 bits per heavy atom. The molecule has 3 aromatic rings. The smallest absolute Gasteiger partial charge is 0.340 e. The quantitative estimate of drug-likeness (QED) is 0.228. The zero-order valence-electron chi connectivity index (χ0n) is 20.1. The number of aliphatic hydroxyl groups is 4. The molecule has 0 radical (unpaired) electrons. The average Bonchev–Trinajstić information content (AvgIpc) is 3.15. The van der Waals surface area contributed by atoms with Gasteiger partial charge in [0.2, 0.25) is 0 Å². The third-order valence-electron chi connectivity index (χ3n) is 6.02. The number of aromatic nitrogens is 1. The van der Waals surface area contributed by atoms with Gasteiger partial charge in [0.25, 0.3) is 0 Å². The molecule has 0 saturated carbocycles. The van der Waals surface area contributed by atoms with Gasteiger partial charge in [-0.1, -0.05) is 30.3 Å². The van der Waals surface area contributed by atoms with E-state index in [9.17, 15) is 25.2 Å². The number of nitrogens with one attached hydrogen (secondary N) is 1. The highest BCUT2D eigenvalue weighted by Gasteiger charge is 2.28. The van der Waals surface area contributed by atoms with Gasteiger partial charge >= 0.3 is 5.97 Å². The van der Waals surface area contributed by atoms with Crippen LogP contribution < -0.4 is 10.1 Å². The van der Waals surface area contributed by atoms with Crippen LogP contribution in [0, 0.1) is 6.92 Å². The standard InChI is InChI=1S/C26H34N2O7/c1-3-34-25(33)24-18(2)28(13-19-7-5-4-6-8-19)23-10-9-21(11-22(23)24)35-14-20(32)12-27-26(15-29,16-30)17-31/h4-11,20,27,29-32H,3,12-17H2,1-2H3/t20-/m1/s1. The van der Waals surface area contributed by atoms with E-state index in [-0.39, 0.29) is 19.8 Å². The molecule has 0 saturated heterocycles. The van der Waals surface area contributed by atoms with Gasteiger partial charge in [0, 0.05) is 29.7 Å². The fourth-order valence-corrected chi connectivity index (χ4v) is 3.89. The molecule has 0 aliphatic heterocycles. The lowest BCUT2D eigenvalue weighted by atomic mass is 10.0. The molecule has 0 unspecified atom stereocenters. The van der Waals surface area contributed by atoms with Crippen LogP contribution >= 0.6 is 0 Å². The van der Waals surface area contributed by atoms with Crippen LogP contribution in [0.25, 0.3) is 10.9 Å². The van der Waals surface area contributed by atoms with Crippen molar-refractivity contribution >= 4 is 16.9 Å². The normalized spacial score (nSPS) is 12.6. The number of β-amino-alcohol motifs (C(OH)–C–C–N with tert-alkyl or cyclic N) is 1. The van der Waals surface area contributed by atoms with Crippen molar-refractivity contribution in [1.29, 1.82) is 0 Å². The molecule has 2 aromatic carbocycles. The molecule has 9 nitrogen and oxygen atoms in total. The van der Waals surface area contributed by atoms with Crippen molar-refractivity contribution in [2.24, 2.45) is 0 Å². The van der Waals surface area contributed by atoms with Gasteiger partial charge < -0.3 is 39.8 Å². The Hall–Kier alpha value is -2.95. The molecule has 0 aliphatic rings. The molecule has 0 aliphatic carbocycles. The number of esters is 1. The Morgan fingerprint density at radius 1 is 1.09 bits per heavy atom. The lowest BCUT2D eigenvalue weighted by Gasteiger charge is -2.29. The second-order valence-electron chi connectivity index (χ2n) is 8.53. The van der Waals surface area contributed by atoms with E-state index in [0.717, 1.165) is 16.8 Å². The topological polar surface area (TPSA) is 133 Å². The van der Waals surface area contributed by atoms with Gasteiger partial charge in [-0.25, -0.2) is 4.79 Å². The van der Waals surface area contributed by atoms with E-state index in [1.54, 1.807) is 19.1 Å². The van der Waals surface area contributed by atoms with Gasteiger partial charge in [-0.05, 0) is 37.6 Å². The van der Waals surface area contributed by atoms with Gasteiger partial charge in [0.1, 0.15) is 18.5 Å². The number of nitrogens with zero attached hydrogens (tertiary/aromatic N) is 1. The first-order valence-corrected chi connectivity index (χ1v) is 11.6. The van der Waals surface area contributed by atoms with Crippen LogP contribution in [0.4, 0.5) is 0 Å². The van der Waals surface area contributed by atoms with Crippen molar-refractivity contribution in [2.45, 2.75) is 32.0 Å². The molecule has 5 N–H and O–H groups in total. The molecule has 0 spiro atoms. The number of ether oxygens (including phenoxy) is 2. The van der Waals surface area contributed by atoms with Gasteiger partial charge in [-0.15, -0.1) is 0 Å². The molecule has 190 valence electrons. The van der Waals surface area contributed by atoms with Crippen molar-refractivity contribution in [1.82, 2.24) is 9.88 Å². The van der Waals surface area contributed by atoms with Gasteiger partial charge in [0.15, 0.2) is 0 Å². The largest absolute Gasteiger partial charge is 0.491 e. The molecule has 1 atom stereocenters. The number of hydrogen-bond donors (Lipinski definition) is 5. The second kappa shape index (κ2) is 12.1. The van der Waals surface area contributed by atoms with Crippen LogP contribution in [-0.4, -0.2) is 82.2 Å². The second-order valence-corrected chi connectivity index (χ2v) is 8.53. The predicted octanol–water partition coefficient (Wildman–Crippen LogP) is 1.22. The first-order chi connectivity index (χ1) is 16.9. The minimum absolute atomic E-state index is 0.00936. The Kier molecular flexibility index (Phi) is 9.25. The molecule has 0 fully saturated rings. The van der Waals surface area contributed by atoms with Crippen molar-refractivity contribution in [3.8, 4) is 5.75 Å². The molecule has 1 heterocycles. The van der Waals surface area contributed by atoms with Crippen LogP contribution in [0.1, 0.15) is 28.5 Å². The summed E-state index contributed by atoms with van der Waals surface area (Å²) in [5, 5.41) is 41.9. The average molecular weight is 487 g/mol. The summed E-state index contributed by atoms with van der Waals surface area (Å²) in [5.41, 5.74) is 1.94. The Morgan fingerprint density at radius 2 is 1.77 bits per heavy atom. The highest BCUT2D eigenvalue weighted by atomic mass is 16.5. The fourth-order valence-electron chi connectivity index (χ4n) is 3.89. The van der Waals surface area contributed by atoms with Crippen LogP contribution in [0.2, 0.25) is 0 Å². The molecule has 1 aromatic heterocycles. The van der Waals surface area contributed by atoms with Gasteiger partial charge in [-0.2, -0.15) is 0 Å². The molecule has 0 bridgehead atoms. The van der Waals surface area contributed by atoms with Crippen molar-refractivity contribution < 1.29 is 34.7 Å². The third-order valence-corrected chi connectivity index (χ3v) is 6.02. The maximum Gasteiger partial charge on any atom is 0.340 e. The molecule has 3 rings (SSSR count). The number of hydrogen-bond acceptors (Lipinski definition) is 8. The summed E-state index contributed by atoms with van der Waals surface area (Å²) in [6, 6.07) is 15.4. The summed E-state index contributed by atoms with van der Waals surface area (Å²) in [7, 11) is 0. The molecule has 9 heteroatoms. The summed E-state index contributed by atoms with van der Waals surface area (Å²) >= 11 is 0. The van der Waals surface area contributed by atoms with Crippen LogP contribution in [0.5, 0.6) is 5.75 Å². The van der Waals surface area contributed by atoms with E-state index >= 15 is 0 Å². The predicted molar refractivity (Wildman–Crippen MR) is 132 cm³/mol. The Labute approximate surface area is 204 Å². The van der Waals surface area contributed by atoms with E-state index in [2.05, 4.69) is 9.88 Å². The van der Waals surface area contributed by atoms with Crippen molar-refractivity contribution in [3.63, 3.8) is 0 Å². The van der Waals surface area contributed by atoms with Crippen LogP contribution in [0.3, 0.4) is 0 Å². The summed E-state index contributed by atoms with van der Waals surface area (Å²) in [6.45, 7) is 2.96. The minimum Gasteiger partial charge on any atom is -0.491 e. The van der Waals surface area contributed by atoms with E-state index in [4.69, 9.17) is 9.47 Å². The maximum atomic E-state index is 12.8. The van der Waals surface area contributed by atoms with Crippen LogP contribution in [0.15, 0.2) is 48.5 Å². The first kappa shape index (κ1) is 26.7. The zero-order chi connectivity index (χ0) is 25.4. The van der Waals surface area contributed by atoms with Crippen molar-refractivity contribution in [2.75, 3.05) is 39.6 Å². The Bertz CT molecular complexity index is 1100. The highest BCUT2D eigenvalue weighted by molar-refractivity contribution is 6.06. The lowest BCUT2D eigenvalue weighted by Crippen LogP contribution is -2.57. The summed E-state index contributed by atoms with van der Waals surface area (Å²) in [6.07, 6.45) is -0.969. The molecular weight excluding hydrogens is 452 g/mol. The van der Waals surface area contributed by atoms with E-state index in [1.165, 1.54) is 0 Å². The SMILES string of the molecule is CCOC(=O)c1c(C)n(Cc2ccccc2)c2ccc(OC[C@H](O)CNC(CO)(CO)CO)cc12. The zero-order valence-corrected chi connectivity index (χ0v) is 20.1. The molecule has 0 amide bonds. The number of carbonyl (C=O) groups is 1. The number of carbonyl (C=O) groups excluding carboxylic acids is 1. The molecule has 35 heavy (non-hydrogen) atoms. The highest BCUT2D eigenvalue weighted by Crippen LogP contribution is 2.31.